The van der Waals surface area contributed by atoms with Crippen LogP contribution in [0.3, 0.4) is 0 Å². The van der Waals surface area contributed by atoms with Gasteiger partial charge in [0.05, 0.1) is 5.75 Å². The van der Waals surface area contributed by atoms with Gasteiger partial charge in [-0.15, -0.1) is 0 Å². The van der Waals surface area contributed by atoms with E-state index in [9.17, 15) is 21.6 Å². The normalized spacial score (nSPS) is 13.3. The van der Waals surface area contributed by atoms with E-state index in [4.69, 9.17) is 0 Å². The van der Waals surface area contributed by atoms with Gasteiger partial charge in [0.15, 0.2) is 11.6 Å². The lowest BCUT2D eigenvalue weighted by Crippen LogP contribution is -2.31. The summed E-state index contributed by atoms with van der Waals surface area (Å²) in [5.41, 5.74) is 0.782. The van der Waals surface area contributed by atoms with Crippen molar-refractivity contribution in [2.75, 3.05) is 7.05 Å². The van der Waals surface area contributed by atoms with Crippen LogP contribution in [0.25, 0.3) is 0 Å². The van der Waals surface area contributed by atoms with Gasteiger partial charge in [-0.05, 0) is 42.3 Å². The average molecular weight is 343 g/mol. The fourth-order valence-electron chi connectivity index (χ4n) is 2.12. The highest BCUT2D eigenvalue weighted by molar-refractivity contribution is 7.88. The number of hydrogen-bond donors (Lipinski definition) is 0. The Balaban J connectivity index is 2.21. The molecule has 23 heavy (non-hydrogen) atoms. The van der Waals surface area contributed by atoms with E-state index in [0.29, 0.717) is 11.1 Å². The molecule has 0 fully saturated rings. The number of halogens is 3. The topological polar surface area (TPSA) is 37.4 Å². The van der Waals surface area contributed by atoms with E-state index in [1.165, 1.54) is 37.4 Å². The molecule has 0 spiro atoms. The monoisotopic (exact) mass is 343 g/mol. The fourth-order valence-corrected chi connectivity index (χ4v) is 3.54. The van der Waals surface area contributed by atoms with Crippen molar-refractivity contribution in [2.24, 2.45) is 0 Å². The summed E-state index contributed by atoms with van der Waals surface area (Å²) in [7, 11) is -2.34. The predicted octanol–water partition coefficient (Wildman–Crippen LogP) is 3.63. The molecule has 0 saturated heterocycles. The molecule has 0 amide bonds. The molecule has 7 heteroatoms. The molecule has 0 aliphatic heterocycles. The van der Waals surface area contributed by atoms with Crippen LogP contribution in [-0.4, -0.2) is 19.8 Å². The smallest absolute Gasteiger partial charge is 0.212 e. The number of benzene rings is 2. The summed E-state index contributed by atoms with van der Waals surface area (Å²) in [6.45, 7) is 1.58. The van der Waals surface area contributed by atoms with Crippen LogP contribution in [0, 0.1) is 17.5 Å². The number of rotatable bonds is 5. The molecular weight excluding hydrogens is 327 g/mol. The molecule has 0 aromatic heterocycles. The quantitative estimate of drug-likeness (QED) is 0.831. The minimum Gasteiger partial charge on any atom is -0.212 e. The molecule has 0 bridgehead atoms. The van der Waals surface area contributed by atoms with Crippen molar-refractivity contribution in [3.63, 3.8) is 0 Å². The summed E-state index contributed by atoms with van der Waals surface area (Å²) >= 11 is 0. The van der Waals surface area contributed by atoms with Gasteiger partial charge in [0.25, 0.3) is 0 Å². The Labute approximate surface area is 133 Å². The molecule has 0 saturated carbocycles. The van der Waals surface area contributed by atoms with Gasteiger partial charge in [0, 0.05) is 13.1 Å². The van der Waals surface area contributed by atoms with Crippen LogP contribution >= 0.6 is 0 Å². The van der Waals surface area contributed by atoms with Crippen molar-refractivity contribution in [1.29, 1.82) is 0 Å². The van der Waals surface area contributed by atoms with Gasteiger partial charge < -0.3 is 0 Å². The second-order valence-electron chi connectivity index (χ2n) is 5.25. The van der Waals surface area contributed by atoms with Crippen LogP contribution in [0.2, 0.25) is 0 Å². The van der Waals surface area contributed by atoms with Crippen LogP contribution in [0.5, 0.6) is 0 Å². The van der Waals surface area contributed by atoms with E-state index >= 15 is 0 Å². The van der Waals surface area contributed by atoms with Gasteiger partial charge in [-0.3, -0.25) is 0 Å². The second-order valence-corrected chi connectivity index (χ2v) is 7.28. The van der Waals surface area contributed by atoms with Crippen molar-refractivity contribution in [3.05, 3.63) is 71.0 Å². The third-order valence-electron chi connectivity index (χ3n) is 3.67. The molecule has 3 nitrogen and oxygen atoms in total. The van der Waals surface area contributed by atoms with Gasteiger partial charge >= 0.3 is 0 Å². The molecule has 1 unspecified atom stereocenters. The van der Waals surface area contributed by atoms with E-state index in [0.717, 1.165) is 16.4 Å². The Morgan fingerprint density at radius 3 is 2.17 bits per heavy atom. The first-order valence-corrected chi connectivity index (χ1v) is 8.47. The van der Waals surface area contributed by atoms with Crippen LogP contribution in [0.15, 0.2) is 42.5 Å². The average Bonchev–Trinajstić information content (AvgIpc) is 2.50. The molecule has 0 aliphatic carbocycles. The largest absolute Gasteiger partial charge is 0.218 e. The first-order valence-electron chi connectivity index (χ1n) is 6.86. The molecule has 2 aromatic rings. The third-order valence-corrected chi connectivity index (χ3v) is 5.56. The minimum absolute atomic E-state index is 0.308. The second kappa shape index (κ2) is 6.72. The fraction of sp³-hybridized carbons (Fsp3) is 0.250. The zero-order valence-electron chi connectivity index (χ0n) is 12.6. The van der Waals surface area contributed by atoms with Crippen LogP contribution in [-0.2, 0) is 15.8 Å². The first kappa shape index (κ1) is 17.5. The van der Waals surface area contributed by atoms with E-state index in [-0.39, 0.29) is 5.75 Å². The van der Waals surface area contributed by atoms with Gasteiger partial charge in [-0.1, -0.05) is 18.2 Å². The maximum absolute atomic E-state index is 13.3. The van der Waals surface area contributed by atoms with Crippen molar-refractivity contribution < 1.29 is 21.6 Å². The summed E-state index contributed by atoms with van der Waals surface area (Å²) in [4.78, 5) is 0. The highest BCUT2D eigenvalue weighted by atomic mass is 32.2. The molecule has 0 radical (unpaired) electrons. The van der Waals surface area contributed by atoms with E-state index in [1.807, 2.05) is 0 Å². The van der Waals surface area contributed by atoms with Gasteiger partial charge in [-0.2, -0.15) is 4.31 Å². The summed E-state index contributed by atoms with van der Waals surface area (Å²) < 4.78 is 65.1. The van der Waals surface area contributed by atoms with Gasteiger partial charge in [0.2, 0.25) is 10.0 Å². The summed E-state index contributed by atoms with van der Waals surface area (Å²) in [5.74, 6) is -2.77. The molecule has 2 aromatic carbocycles. The maximum atomic E-state index is 13.3. The summed E-state index contributed by atoms with van der Waals surface area (Å²) in [6.07, 6.45) is 0. The van der Waals surface area contributed by atoms with Crippen LogP contribution < -0.4 is 0 Å². The number of sulfonamides is 1. The highest BCUT2D eigenvalue weighted by Gasteiger charge is 2.25. The molecule has 124 valence electrons. The van der Waals surface area contributed by atoms with Crippen molar-refractivity contribution >= 4 is 10.0 Å². The number of nitrogens with zero attached hydrogens (tertiary/aromatic N) is 1. The molecule has 1 atom stereocenters. The standard InChI is InChI=1S/C16H16F3NO2S/c1-11(13-5-8-15(18)16(19)9-13)20(2)23(21,22)10-12-3-6-14(17)7-4-12/h3-9,11H,10H2,1-2H3. The Kier molecular flexibility index (Phi) is 5.11. The Morgan fingerprint density at radius 2 is 1.61 bits per heavy atom. The lowest BCUT2D eigenvalue weighted by Gasteiger charge is -2.24. The lowest BCUT2D eigenvalue weighted by molar-refractivity contribution is 0.395. The lowest BCUT2D eigenvalue weighted by atomic mass is 10.1. The third kappa shape index (κ3) is 4.11. The van der Waals surface area contributed by atoms with Gasteiger partial charge in [0.1, 0.15) is 5.82 Å². The van der Waals surface area contributed by atoms with Crippen LogP contribution in [0.4, 0.5) is 13.2 Å². The molecule has 0 aliphatic rings. The molecule has 2 rings (SSSR count). The maximum Gasteiger partial charge on any atom is 0.218 e. The van der Waals surface area contributed by atoms with Crippen molar-refractivity contribution in [2.45, 2.75) is 18.7 Å². The van der Waals surface area contributed by atoms with Crippen molar-refractivity contribution in [1.82, 2.24) is 4.31 Å². The molecule has 0 N–H and O–H groups in total. The van der Waals surface area contributed by atoms with Crippen LogP contribution in [0.1, 0.15) is 24.1 Å². The Hall–Kier alpha value is -1.86. The molecule has 0 heterocycles. The van der Waals surface area contributed by atoms with E-state index in [1.54, 1.807) is 6.92 Å². The van der Waals surface area contributed by atoms with Gasteiger partial charge in [-0.25, -0.2) is 21.6 Å². The van der Waals surface area contributed by atoms with Crippen molar-refractivity contribution in [3.8, 4) is 0 Å². The first-order chi connectivity index (χ1) is 10.7. The zero-order chi connectivity index (χ0) is 17.2. The van der Waals surface area contributed by atoms with E-state index in [2.05, 4.69) is 0 Å². The van der Waals surface area contributed by atoms with E-state index < -0.39 is 33.5 Å². The summed E-state index contributed by atoms with van der Waals surface area (Å²) in [5, 5.41) is 0. The minimum atomic E-state index is -3.70. The predicted molar refractivity (Wildman–Crippen MR) is 81.6 cm³/mol. The zero-order valence-corrected chi connectivity index (χ0v) is 13.4. The summed E-state index contributed by atoms with van der Waals surface area (Å²) in [6, 6.07) is 7.76. The molecular formula is C16H16F3NO2S. The Morgan fingerprint density at radius 1 is 1.00 bits per heavy atom. The number of hydrogen-bond acceptors (Lipinski definition) is 2. The SMILES string of the molecule is CC(c1ccc(F)c(F)c1)N(C)S(=O)(=O)Cc1ccc(F)cc1. The Bertz CT molecular complexity index is 791. The highest BCUT2D eigenvalue weighted by Crippen LogP contribution is 2.24.